The molecule has 0 atom stereocenters. The predicted octanol–water partition coefficient (Wildman–Crippen LogP) is 3.17. The van der Waals surface area contributed by atoms with E-state index in [4.69, 9.17) is 11.6 Å². The Labute approximate surface area is 121 Å². The molecule has 3 rings (SSSR count). The second-order valence-electron chi connectivity index (χ2n) is 5.07. The zero-order chi connectivity index (χ0) is 12.5. The molecule has 98 valence electrons. The molecule has 1 aliphatic heterocycles. The van der Waals surface area contributed by atoms with Crippen molar-refractivity contribution in [2.24, 2.45) is 0 Å². The van der Waals surface area contributed by atoms with Crippen LogP contribution in [0.15, 0.2) is 16.7 Å². The van der Waals surface area contributed by atoms with E-state index in [9.17, 15) is 0 Å². The monoisotopic (exact) mass is 329 g/mol. The third-order valence-electron chi connectivity index (χ3n) is 3.99. The molecule has 2 fully saturated rings. The molecule has 0 bridgehead atoms. The molecule has 0 radical (unpaired) electrons. The number of anilines is 1. The number of pyridine rings is 1. The fraction of sp³-hybridized carbons (Fsp3) is 0.615. The highest BCUT2D eigenvalue weighted by Crippen LogP contribution is 2.29. The summed E-state index contributed by atoms with van der Waals surface area (Å²) in [6.45, 7) is 4.43. The zero-order valence-corrected chi connectivity index (χ0v) is 12.6. The van der Waals surface area contributed by atoms with Gasteiger partial charge >= 0.3 is 0 Å². The first kappa shape index (κ1) is 12.7. The molecule has 3 nitrogen and oxygen atoms in total. The average molecular weight is 331 g/mol. The SMILES string of the molecule is Clc1cnc(N2CCN(C3CCC3)CC2)c(Br)c1. The Morgan fingerprint density at radius 2 is 1.94 bits per heavy atom. The van der Waals surface area contributed by atoms with Crippen LogP contribution < -0.4 is 4.90 Å². The Balaban J connectivity index is 1.64. The van der Waals surface area contributed by atoms with Gasteiger partial charge in [-0.25, -0.2) is 4.98 Å². The molecule has 5 heteroatoms. The van der Waals surface area contributed by atoms with Gasteiger partial charge in [0.2, 0.25) is 0 Å². The highest BCUT2D eigenvalue weighted by molar-refractivity contribution is 9.10. The summed E-state index contributed by atoms with van der Waals surface area (Å²) < 4.78 is 0.993. The number of piperazine rings is 1. The van der Waals surface area contributed by atoms with Gasteiger partial charge in [-0.1, -0.05) is 18.0 Å². The molecule has 1 aromatic rings. The Morgan fingerprint density at radius 3 is 2.50 bits per heavy atom. The summed E-state index contributed by atoms with van der Waals surface area (Å²) in [5.74, 6) is 1.02. The van der Waals surface area contributed by atoms with Crippen molar-refractivity contribution >= 4 is 33.3 Å². The van der Waals surface area contributed by atoms with E-state index < -0.39 is 0 Å². The molecule has 0 N–H and O–H groups in total. The molecular weight excluding hydrogens is 314 g/mol. The van der Waals surface area contributed by atoms with E-state index in [0.717, 1.165) is 42.5 Å². The molecule has 0 spiro atoms. The van der Waals surface area contributed by atoms with Crippen LogP contribution in [0, 0.1) is 0 Å². The van der Waals surface area contributed by atoms with E-state index in [1.54, 1.807) is 6.20 Å². The van der Waals surface area contributed by atoms with Crippen LogP contribution in [0.25, 0.3) is 0 Å². The highest BCUT2D eigenvalue weighted by Gasteiger charge is 2.28. The molecule has 18 heavy (non-hydrogen) atoms. The fourth-order valence-corrected chi connectivity index (χ4v) is 3.58. The van der Waals surface area contributed by atoms with Crippen LogP contribution in [0.5, 0.6) is 0 Å². The normalized spacial score (nSPS) is 22.0. The molecule has 0 unspecified atom stereocenters. The molecule has 1 saturated heterocycles. The zero-order valence-electron chi connectivity index (χ0n) is 10.3. The van der Waals surface area contributed by atoms with Crippen molar-refractivity contribution in [3.05, 3.63) is 21.8 Å². The summed E-state index contributed by atoms with van der Waals surface area (Å²) in [5, 5.41) is 0.679. The van der Waals surface area contributed by atoms with Crippen molar-refractivity contribution in [2.75, 3.05) is 31.1 Å². The van der Waals surface area contributed by atoms with Crippen molar-refractivity contribution < 1.29 is 0 Å². The summed E-state index contributed by atoms with van der Waals surface area (Å²) in [4.78, 5) is 9.41. The maximum Gasteiger partial charge on any atom is 0.143 e. The first-order chi connectivity index (χ1) is 8.74. The number of hydrogen-bond acceptors (Lipinski definition) is 3. The maximum absolute atomic E-state index is 5.93. The molecule has 0 amide bonds. The van der Waals surface area contributed by atoms with E-state index in [1.807, 2.05) is 6.07 Å². The van der Waals surface area contributed by atoms with Gasteiger partial charge in [-0.3, -0.25) is 4.90 Å². The lowest BCUT2D eigenvalue weighted by Gasteiger charge is -2.43. The van der Waals surface area contributed by atoms with Crippen LogP contribution in [0.3, 0.4) is 0 Å². The first-order valence-electron chi connectivity index (χ1n) is 6.54. The number of halogens is 2. The molecule has 1 saturated carbocycles. The lowest BCUT2D eigenvalue weighted by molar-refractivity contribution is 0.120. The van der Waals surface area contributed by atoms with Crippen LogP contribution in [-0.4, -0.2) is 42.1 Å². The van der Waals surface area contributed by atoms with Gasteiger partial charge in [0.25, 0.3) is 0 Å². The van der Waals surface area contributed by atoms with Crippen molar-refractivity contribution in [1.82, 2.24) is 9.88 Å². The van der Waals surface area contributed by atoms with E-state index in [1.165, 1.54) is 19.3 Å². The first-order valence-corrected chi connectivity index (χ1v) is 7.71. The van der Waals surface area contributed by atoms with E-state index in [0.29, 0.717) is 5.02 Å². The van der Waals surface area contributed by atoms with Crippen LogP contribution in [0.2, 0.25) is 5.02 Å². The quantitative estimate of drug-likeness (QED) is 0.830. The summed E-state index contributed by atoms with van der Waals surface area (Å²) >= 11 is 9.48. The maximum atomic E-state index is 5.93. The van der Waals surface area contributed by atoms with E-state index in [-0.39, 0.29) is 0 Å². The Bertz CT molecular complexity index is 428. The van der Waals surface area contributed by atoms with E-state index >= 15 is 0 Å². The Hall–Kier alpha value is -0.320. The minimum atomic E-state index is 0.679. The van der Waals surface area contributed by atoms with Gasteiger partial charge in [-0.05, 0) is 34.8 Å². The molecule has 2 aliphatic rings. The minimum Gasteiger partial charge on any atom is -0.353 e. The molecule has 1 aliphatic carbocycles. The van der Waals surface area contributed by atoms with Crippen molar-refractivity contribution in [3.63, 3.8) is 0 Å². The topological polar surface area (TPSA) is 19.4 Å². The largest absolute Gasteiger partial charge is 0.353 e. The number of aromatic nitrogens is 1. The number of hydrogen-bond donors (Lipinski definition) is 0. The second-order valence-corrected chi connectivity index (χ2v) is 6.36. The fourth-order valence-electron chi connectivity index (χ4n) is 2.69. The van der Waals surface area contributed by atoms with Gasteiger partial charge in [-0.15, -0.1) is 0 Å². The third kappa shape index (κ3) is 2.51. The summed E-state index contributed by atoms with van der Waals surface area (Å²) in [5.41, 5.74) is 0. The summed E-state index contributed by atoms with van der Waals surface area (Å²) in [6, 6.07) is 2.77. The standard InChI is InChI=1S/C13H17BrClN3/c14-12-8-10(15)9-16-13(12)18-6-4-17(5-7-18)11-2-1-3-11/h8-9,11H,1-7H2. The Morgan fingerprint density at radius 1 is 1.22 bits per heavy atom. The van der Waals surface area contributed by atoms with Crippen molar-refractivity contribution in [2.45, 2.75) is 25.3 Å². The summed E-state index contributed by atoms with van der Waals surface area (Å²) in [6.07, 6.45) is 5.92. The number of nitrogens with zero attached hydrogens (tertiary/aromatic N) is 3. The number of rotatable bonds is 2. The van der Waals surface area contributed by atoms with Crippen LogP contribution in [-0.2, 0) is 0 Å². The lowest BCUT2D eigenvalue weighted by Crippen LogP contribution is -2.52. The van der Waals surface area contributed by atoms with Crippen LogP contribution in [0.1, 0.15) is 19.3 Å². The van der Waals surface area contributed by atoms with Gasteiger partial charge in [-0.2, -0.15) is 0 Å². The van der Waals surface area contributed by atoms with Gasteiger partial charge in [0.15, 0.2) is 0 Å². The lowest BCUT2D eigenvalue weighted by atomic mass is 9.91. The molecule has 0 aromatic carbocycles. The van der Waals surface area contributed by atoms with Crippen LogP contribution in [0.4, 0.5) is 5.82 Å². The smallest absolute Gasteiger partial charge is 0.143 e. The molecule has 1 aromatic heterocycles. The predicted molar refractivity (Wildman–Crippen MR) is 78.4 cm³/mol. The van der Waals surface area contributed by atoms with Crippen molar-refractivity contribution in [1.29, 1.82) is 0 Å². The average Bonchev–Trinajstić information content (AvgIpc) is 2.28. The Kier molecular flexibility index (Phi) is 3.78. The minimum absolute atomic E-state index is 0.679. The van der Waals surface area contributed by atoms with Crippen LogP contribution >= 0.6 is 27.5 Å². The van der Waals surface area contributed by atoms with Gasteiger partial charge in [0.1, 0.15) is 5.82 Å². The van der Waals surface area contributed by atoms with Gasteiger partial charge < -0.3 is 4.90 Å². The molecular formula is C13H17BrClN3. The van der Waals surface area contributed by atoms with E-state index in [2.05, 4.69) is 30.7 Å². The second kappa shape index (κ2) is 5.35. The highest BCUT2D eigenvalue weighted by atomic mass is 79.9. The third-order valence-corrected chi connectivity index (χ3v) is 4.78. The van der Waals surface area contributed by atoms with Crippen molar-refractivity contribution in [3.8, 4) is 0 Å². The van der Waals surface area contributed by atoms with Gasteiger partial charge in [0.05, 0.1) is 9.50 Å². The van der Waals surface area contributed by atoms with Gasteiger partial charge in [0, 0.05) is 38.4 Å². The molecule has 2 heterocycles. The summed E-state index contributed by atoms with van der Waals surface area (Å²) in [7, 11) is 0.